The molecule has 0 bridgehead atoms. The van der Waals surface area contributed by atoms with E-state index < -0.39 is 0 Å². The summed E-state index contributed by atoms with van der Waals surface area (Å²) < 4.78 is 5.49. The Balaban J connectivity index is 2.94. The van der Waals surface area contributed by atoms with E-state index in [0.717, 1.165) is 13.0 Å². The third-order valence-corrected chi connectivity index (χ3v) is 3.17. The van der Waals surface area contributed by atoms with Crippen molar-refractivity contribution in [2.45, 2.75) is 83.7 Å². The van der Waals surface area contributed by atoms with Crippen LogP contribution in [0.2, 0.25) is 0 Å². The number of ether oxygens (including phenoxy) is 1. The molecular formula is C16H32O. The van der Waals surface area contributed by atoms with Crippen molar-refractivity contribution in [3.05, 3.63) is 13.8 Å². The highest BCUT2D eigenvalue weighted by atomic mass is 16.5. The lowest BCUT2D eigenvalue weighted by Crippen LogP contribution is -2.07. The van der Waals surface area contributed by atoms with E-state index in [1.165, 1.54) is 64.2 Å². The van der Waals surface area contributed by atoms with Gasteiger partial charge in [0, 0.05) is 6.61 Å². The van der Waals surface area contributed by atoms with Crippen molar-refractivity contribution in [3.63, 3.8) is 0 Å². The van der Waals surface area contributed by atoms with Gasteiger partial charge in [-0.25, -0.2) is 0 Å². The van der Waals surface area contributed by atoms with Crippen molar-refractivity contribution in [1.82, 2.24) is 0 Å². The second-order valence-electron chi connectivity index (χ2n) is 4.96. The SMILES string of the molecule is [CH2]CC([CH2])OCCCCCCCCCCCC. The topological polar surface area (TPSA) is 9.23 Å². The first-order chi connectivity index (χ1) is 8.31. The molecule has 1 heteroatoms. The van der Waals surface area contributed by atoms with Gasteiger partial charge in [0.15, 0.2) is 0 Å². The van der Waals surface area contributed by atoms with Crippen molar-refractivity contribution >= 4 is 0 Å². The normalized spacial score (nSPS) is 12.9. The molecule has 0 aliphatic carbocycles. The predicted octanol–water partition coefficient (Wildman–Crippen LogP) is 5.35. The molecule has 2 radical (unpaired) electrons. The molecule has 0 rings (SSSR count). The smallest absolute Gasteiger partial charge is 0.0576 e. The minimum Gasteiger partial charge on any atom is -0.378 e. The van der Waals surface area contributed by atoms with Crippen molar-refractivity contribution in [2.24, 2.45) is 0 Å². The van der Waals surface area contributed by atoms with Gasteiger partial charge in [-0.15, -0.1) is 0 Å². The summed E-state index contributed by atoms with van der Waals surface area (Å²) in [6.45, 7) is 10.8. The van der Waals surface area contributed by atoms with Gasteiger partial charge in [-0.3, -0.25) is 0 Å². The van der Waals surface area contributed by atoms with Crippen LogP contribution in [0.4, 0.5) is 0 Å². The summed E-state index contributed by atoms with van der Waals surface area (Å²) in [5.74, 6) is 0. The van der Waals surface area contributed by atoms with Crippen LogP contribution < -0.4 is 0 Å². The van der Waals surface area contributed by atoms with E-state index in [4.69, 9.17) is 4.74 Å². The minimum atomic E-state index is 0.0913. The van der Waals surface area contributed by atoms with Crippen LogP contribution >= 0.6 is 0 Å². The molecule has 1 nitrogen and oxygen atoms in total. The lowest BCUT2D eigenvalue weighted by molar-refractivity contribution is 0.0816. The van der Waals surface area contributed by atoms with Gasteiger partial charge < -0.3 is 4.74 Å². The van der Waals surface area contributed by atoms with Crippen LogP contribution in [-0.2, 0) is 4.74 Å². The van der Waals surface area contributed by atoms with Gasteiger partial charge in [-0.05, 0) is 19.8 Å². The van der Waals surface area contributed by atoms with Gasteiger partial charge in [-0.1, -0.05) is 71.6 Å². The molecule has 0 fully saturated rings. The quantitative estimate of drug-likeness (QED) is 0.394. The van der Waals surface area contributed by atoms with Crippen LogP contribution in [0.15, 0.2) is 0 Å². The van der Waals surface area contributed by atoms with Gasteiger partial charge >= 0.3 is 0 Å². The average molecular weight is 240 g/mol. The van der Waals surface area contributed by atoms with Crippen LogP contribution in [0.25, 0.3) is 0 Å². The molecule has 1 atom stereocenters. The van der Waals surface area contributed by atoms with Gasteiger partial charge in [-0.2, -0.15) is 0 Å². The standard InChI is InChI=1S/C16H32O/c1-4-6-7-8-9-10-11-12-13-14-15-17-16(3)5-2/h16H,2-15H2,1H3. The van der Waals surface area contributed by atoms with Crippen molar-refractivity contribution in [2.75, 3.05) is 6.61 Å². The monoisotopic (exact) mass is 240 g/mol. The summed E-state index contributed by atoms with van der Waals surface area (Å²) >= 11 is 0. The second kappa shape index (κ2) is 14.0. The van der Waals surface area contributed by atoms with Crippen molar-refractivity contribution in [1.29, 1.82) is 0 Å². The number of rotatable bonds is 13. The zero-order chi connectivity index (χ0) is 12.8. The molecule has 0 heterocycles. The third kappa shape index (κ3) is 13.9. The largest absolute Gasteiger partial charge is 0.378 e. The maximum atomic E-state index is 5.49. The average Bonchev–Trinajstić information content (AvgIpc) is 2.35. The fourth-order valence-corrected chi connectivity index (χ4v) is 1.92. The fraction of sp³-hybridized carbons (Fsp3) is 0.875. The molecule has 0 aliphatic heterocycles. The Bertz CT molecular complexity index is 133. The summed E-state index contributed by atoms with van der Waals surface area (Å²) in [6.07, 6.45) is 14.6. The molecule has 0 saturated carbocycles. The van der Waals surface area contributed by atoms with Gasteiger partial charge in [0.25, 0.3) is 0 Å². The van der Waals surface area contributed by atoms with Crippen LogP contribution in [0.5, 0.6) is 0 Å². The summed E-state index contributed by atoms with van der Waals surface area (Å²) in [5, 5.41) is 0. The lowest BCUT2D eigenvalue weighted by atomic mass is 10.1. The minimum absolute atomic E-state index is 0.0913. The van der Waals surface area contributed by atoms with Gasteiger partial charge in [0.2, 0.25) is 0 Å². The van der Waals surface area contributed by atoms with E-state index in [2.05, 4.69) is 20.8 Å². The maximum Gasteiger partial charge on any atom is 0.0576 e. The molecule has 0 spiro atoms. The van der Waals surface area contributed by atoms with Crippen LogP contribution in [0.3, 0.4) is 0 Å². The molecule has 0 amide bonds. The second-order valence-corrected chi connectivity index (χ2v) is 4.96. The molecule has 17 heavy (non-hydrogen) atoms. The number of hydrogen-bond acceptors (Lipinski definition) is 1. The lowest BCUT2D eigenvalue weighted by Gasteiger charge is -2.09. The Kier molecular flexibility index (Phi) is 14.0. The highest BCUT2D eigenvalue weighted by molar-refractivity contribution is 4.60. The van der Waals surface area contributed by atoms with E-state index in [9.17, 15) is 0 Å². The van der Waals surface area contributed by atoms with Gasteiger partial charge in [0.1, 0.15) is 0 Å². The molecule has 0 saturated heterocycles. The summed E-state index contributed by atoms with van der Waals surface area (Å²) in [4.78, 5) is 0. The van der Waals surface area contributed by atoms with Gasteiger partial charge in [0.05, 0.1) is 6.10 Å². The summed E-state index contributed by atoms with van der Waals surface area (Å²) in [5.41, 5.74) is 0. The number of hydrogen-bond donors (Lipinski definition) is 0. The van der Waals surface area contributed by atoms with Crippen LogP contribution in [-0.4, -0.2) is 12.7 Å². The van der Waals surface area contributed by atoms with E-state index in [0.29, 0.717) is 0 Å². The Morgan fingerprint density at radius 3 is 1.76 bits per heavy atom. The molecule has 0 aliphatic rings. The highest BCUT2D eigenvalue weighted by Crippen LogP contribution is 2.10. The highest BCUT2D eigenvalue weighted by Gasteiger charge is 1.97. The Morgan fingerprint density at radius 2 is 1.29 bits per heavy atom. The molecule has 0 N–H and O–H groups in total. The molecule has 1 unspecified atom stereocenters. The van der Waals surface area contributed by atoms with Crippen LogP contribution in [0.1, 0.15) is 77.6 Å². The van der Waals surface area contributed by atoms with E-state index in [1.807, 2.05) is 0 Å². The molecular weight excluding hydrogens is 208 g/mol. The van der Waals surface area contributed by atoms with E-state index >= 15 is 0 Å². The molecule has 102 valence electrons. The first kappa shape index (κ1) is 17.0. The summed E-state index contributed by atoms with van der Waals surface area (Å²) in [6, 6.07) is 0. The Morgan fingerprint density at radius 1 is 0.824 bits per heavy atom. The summed E-state index contributed by atoms with van der Waals surface area (Å²) in [7, 11) is 0. The number of unbranched alkanes of at least 4 members (excludes halogenated alkanes) is 9. The maximum absolute atomic E-state index is 5.49. The van der Waals surface area contributed by atoms with E-state index in [1.54, 1.807) is 0 Å². The van der Waals surface area contributed by atoms with E-state index in [-0.39, 0.29) is 6.10 Å². The van der Waals surface area contributed by atoms with Crippen LogP contribution in [0, 0.1) is 13.8 Å². The Labute approximate surface area is 109 Å². The fourth-order valence-electron chi connectivity index (χ4n) is 1.92. The molecule has 0 aromatic rings. The zero-order valence-corrected chi connectivity index (χ0v) is 11.9. The first-order valence-electron chi connectivity index (χ1n) is 7.55. The molecule has 0 aromatic heterocycles. The molecule has 0 aromatic carbocycles. The third-order valence-electron chi connectivity index (χ3n) is 3.17. The van der Waals surface area contributed by atoms with Crippen molar-refractivity contribution < 1.29 is 4.74 Å². The predicted molar refractivity (Wildman–Crippen MR) is 76.9 cm³/mol. The Hall–Kier alpha value is -0.0400. The first-order valence-corrected chi connectivity index (χ1v) is 7.55. The zero-order valence-electron chi connectivity index (χ0n) is 11.9. The van der Waals surface area contributed by atoms with Crippen molar-refractivity contribution in [3.8, 4) is 0 Å².